The van der Waals surface area contributed by atoms with Crippen molar-refractivity contribution in [3.63, 3.8) is 0 Å². The fourth-order valence-corrected chi connectivity index (χ4v) is 6.57. The molecule has 2 aromatic heterocycles. The van der Waals surface area contributed by atoms with Gasteiger partial charge in [-0.2, -0.15) is 8.42 Å². The van der Waals surface area contributed by atoms with Crippen molar-refractivity contribution in [2.45, 2.75) is 33.6 Å². The third-order valence-electron chi connectivity index (χ3n) is 5.96. The quantitative estimate of drug-likeness (QED) is 0.234. The van der Waals surface area contributed by atoms with Crippen molar-refractivity contribution in [3.8, 4) is 0 Å². The van der Waals surface area contributed by atoms with Gasteiger partial charge in [0.15, 0.2) is 0 Å². The van der Waals surface area contributed by atoms with E-state index >= 15 is 0 Å². The number of aromatic amines is 1. The van der Waals surface area contributed by atoms with E-state index in [-0.39, 0.29) is 0 Å². The fourth-order valence-electron chi connectivity index (χ4n) is 4.07. The Morgan fingerprint density at radius 1 is 1.06 bits per heavy atom. The van der Waals surface area contributed by atoms with E-state index < -0.39 is 10.2 Å². The zero-order chi connectivity index (χ0) is 23.6. The van der Waals surface area contributed by atoms with E-state index in [1.54, 1.807) is 6.07 Å². The molecule has 2 heterocycles. The maximum Gasteiger partial charge on any atom is 0.322 e. The molecule has 0 aliphatic heterocycles. The second kappa shape index (κ2) is 9.93. The lowest BCUT2D eigenvalue weighted by Gasteiger charge is -2.17. The molecule has 9 heteroatoms. The third-order valence-corrected chi connectivity index (χ3v) is 8.49. The number of benzene rings is 2. The summed E-state index contributed by atoms with van der Waals surface area (Å²) in [5, 5.41) is 3.21. The molecule has 2 aromatic carbocycles. The summed E-state index contributed by atoms with van der Waals surface area (Å²) < 4.78 is 32.1. The smallest absolute Gasteiger partial charge is 0.322 e. The minimum atomic E-state index is -3.81. The standard InChI is InChI=1S/C24H29ClN4O2S2/c1-4-29(5-2)12-6-7-17-15-26-22-10-9-19(14-21(17)22)27-33(30,31)28-24-16(3)20-13-18(25)8-11-23(20)32-24/h8-11,13-15,26-28H,4-7,12H2,1-3H3. The molecule has 6 nitrogen and oxygen atoms in total. The Balaban J connectivity index is 1.50. The highest BCUT2D eigenvalue weighted by molar-refractivity contribution is 7.94. The normalized spacial score (nSPS) is 12.2. The topological polar surface area (TPSA) is 77.2 Å². The maximum atomic E-state index is 12.9. The first-order chi connectivity index (χ1) is 15.8. The van der Waals surface area contributed by atoms with Gasteiger partial charge in [-0.3, -0.25) is 9.44 Å². The molecule has 4 rings (SSSR count). The van der Waals surface area contributed by atoms with Crippen molar-refractivity contribution in [2.24, 2.45) is 0 Å². The van der Waals surface area contributed by atoms with Crippen LogP contribution in [0.1, 0.15) is 31.4 Å². The highest BCUT2D eigenvalue weighted by Gasteiger charge is 2.17. The van der Waals surface area contributed by atoms with Gasteiger partial charge in [0.25, 0.3) is 0 Å². The summed E-state index contributed by atoms with van der Waals surface area (Å²) in [6, 6.07) is 11.2. The lowest BCUT2D eigenvalue weighted by molar-refractivity contribution is 0.300. The third kappa shape index (κ3) is 5.46. The summed E-state index contributed by atoms with van der Waals surface area (Å²) in [4.78, 5) is 5.70. The number of anilines is 2. The minimum Gasteiger partial charge on any atom is -0.361 e. The number of fused-ring (bicyclic) bond motifs is 2. The average Bonchev–Trinajstić information content (AvgIpc) is 3.31. The maximum absolute atomic E-state index is 12.9. The van der Waals surface area contributed by atoms with Crippen LogP contribution >= 0.6 is 22.9 Å². The SMILES string of the molecule is CCN(CC)CCCc1c[nH]c2ccc(NS(=O)(=O)Nc3sc4ccc(Cl)cc4c3C)cc12. The molecule has 0 unspecified atom stereocenters. The number of aromatic nitrogens is 1. The monoisotopic (exact) mass is 504 g/mol. The van der Waals surface area contributed by atoms with Gasteiger partial charge in [0, 0.05) is 26.8 Å². The van der Waals surface area contributed by atoms with E-state index in [4.69, 9.17) is 11.6 Å². The van der Waals surface area contributed by atoms with E-state index in [0.29, 0.717) is 15.7 Å². The molecule has 0 atom stereocenters. The Kier molecular flexibility index (Phi) is 7.19. The predicted molar refractivity (Wildman–Crippen MR) is 142 cm³/mol. The van der Waals surface area contributed by atoms with Crippen LogP contribution in [0, 0.1) is 6.92 Å². The Morgan fingerprint density at radius 2 is 1.85 bits per heavy atom. The Morgan fingerprint density at radius 3 is 2.61 bits per heavy atom. The van der Waals surface area contributed by atoms with E-state index in [0.717, 1.165) is 59.0 Å². The van der Waals surface area contributed by atoms with E-state index in [1.807, 2.05) is 43.5 Å². The number of H-pyrrole nitrogens is 1. The highest BCUT2D eigenvalue weighted by atomic mass is 35.5. The zero-order valence-electron chi connectivity index (χ0n) is 19.0. The van der Waals surface area contributed by atoms with Crippen LogP contribution in [0.25, 0.3) is 21.0 Å². The molecule has 3 N–H and O–H groups in total. The van der Waals surface area contributed by atoms with Crippen LogP contribution < -0.4 is 9.44 Å². The summed E-state index contributed by atoms with van der Waals surface area (Å²) in [5.74, 6) is 0. The summed E-state index contributed by atoms with van der Waals surface area (Å²) >= 11 is 7.50. The van der Waals surface area contributed by atoms with Crippen LogP contribution in [-0.2, 0) is 16.6 Å². The first-order valence-electron chi connectivity index (χ1n) is 11.1. The average molecular weight is 505 g/mol. The molecule has 0 saturated carbocycles. The van der Waals surface area contributed by atoms with Crippen molar-refractivity contribution < 1.29 is 8.42 Å². The molecule has 0 spiro atoms. The molecule has 0 radical (unpaired) electrons. The number of hydrogen-bond donors (Lipinski definition) is 3. The van der Waals surface area contributed by atoms with Gasteiger partial charge in [-0.15, -0.1) is 11.3 Å². The van der Waals surface area contributed by atoms with Crippen LogP contribution in [0.5, 0.6) is 0 Å². The lowest BCUT2D eigenvalue weighted by Crippen LogP contribution is -2.24. The van der Waals surface area contributed by atoms with Gasteiger partial charge < -0.3 is 9.88 Å². The highest BCUT2D eigenvalue weighted by Crippen LogP contribution is 2.37. The summed E-state index contributed by atoms with van der Waals surface area (Å²) in [6.45, 7) is 9.40. The summed E-state index contributed by atoms with van der Waals surface area (Å²) in [6.07, 6.45) is 4.02. The molecule has 0 saturated heterocycles. The number of hydrogen-bond acceptors (Lipinski definition) is 4. The van der Waals surface area contributed by atoms with Crippen LogP contribution in [0.4, 0.5) is 10.7 Å². The molecule has 176 valence electrons. The number of thiophene rings is 1. The largest absolute Gasteiger partial charge is 0.361 e. The van der Waals surface area contributed by atoms with Crippen molar-refractivity contribution in [3.05, 3.63) is 58.7 Å². The zero-order valence-corrected chi connectivity index (χ0v) is 21.4. The van der Waals surface area contributed by atoms with Gasteiger partial charge in [0.2, 0.25) is 0 Å². The molecule has 0 aliphatic rings. The molecule has 33 heavy (non-hydrogen) atoms. The molecular weight excluding hydrogens is 476 g/mol. The number of nitrogens with zero attached hydrogens (tertiary/aromatic N) is 1. The number of aryl methyl sites for hydroxylation is 2. The van der Waals surface area contributed by atoms with Gasteiger partial charge in [-0.1, -0.05) is 25.4 Å². The second-order valence-electron chi connectivity index (χ2n) is 8.11. The Labute approximate surface area is 204 Å². The van der Waals surface area contributed by atoms with Crippen molar-refractivity contribution in [1.82, 2.24) is 9.88 Å². The van der Waals surface area contributed by atoms with Gasteiger partial charge in [-0.05, 0) is 92.3 Å². The molecule has 0 fully saturated rings. The first-order valence-corrected chi connectivity index (χ1v) is 13.8. The Hall–Kier alpha value is -2.26. The van der Waals surface area contributed by atoms with Crippen molar-refractivity contribution >= 4 is 64.8 Å². The van der Waals surface area contributed by atoms with Crippen LogP contribution in [0.2, 0.25) is 5.02 Å². The molecule has 4 aromatic rings. The van der Waals surface area contributed by atoms with Crippen LogP contribution in [-0.4, -0.2) is 37.9 Å². The first kappa shape index (κ1) is 23.9. The second-order valence-corrected chi connectivity index (χ2v) is 11.0. The van der Waals surface area contributed by atoms with Gasteiger partial charge in [0.1, 0.15) is 5.00 Å². The number of nitrogens with one attached hydrogen (secondary N) is 3. The van der Waals surface area contributed by atoms with Gasteiger partial charge >= 0.3 is 10.2 Å². The fraction of sp³-hybridized carbons (Fsp3) is 0.333. The lowest BCUT2D eigenvalue weighted by atomic mass is 10.1. The molecule has 0 amide bonds. The Bertz CT molecular complexity index is 1370. The van der Waals surface area contributed by atoms with Gasteiger partial charge in [0.05, 0.1) is 5.69 Å². The van der Waals surface area contributed by atoms with Gasteiger partial charge in [-0.25, -0.2) is 0 Å². The van der Waals surface area contributed by atoms with E-state index in [9.17, 15) is 8.42 Å². The van der Waals surface area contributed by atoms with Crippen molar-refractivity contribution in [1.29, 1.82) is 0 Å². The molecular formula is C24H29ClN4O2S2. The number of rotatable bonds is 10. The number of halogens is 1. The van der Waals surface area contributed by atoms with Crippen LogP contribution in [0.15, 0.2) is 42.6 Å². The van der Waals surface area contributed by atoms with Crippen molar-refractivity contribution in [2.75, 3.05) is 29.1 Å². The summed E-state index contributed by atoms with van der Waals surface area (Å²) in [5.41, 5.74) is 3.59. The summed E-state index contributed by atoms with van der Waals surface area (Å²) in [7, 11) is -3.81. The van der Waals surface area contributed by atoms with E-state index in [1.165, 1.54) is 16.9 Å². The minimum absolute atomic E-state index is 0.529. The van der Waals surface area contributed by atoms with Crippen LogP contribution in [0.3, 0.4) is 0 Å². The molecule has 0 aliphatic carbocycles. The predicted octanol–water partition coefficient (Wildman–Crippen LogP) is 6.39. The molecule has 0 bridgehead atoms. The van der Waals surface area contributed by atoms with E-state index in [2.05, 4.69) is 33.2 Å².